The van der Waals surface area contributed by atoms with E-state index >= 15 is 0 Å². The Morgan fingerprint density at radius 2 is 1.69 bits per heavy atom. The van der Waals surface area contributed by atoms with Crippen LogP contribution >= 0.6 is 0 Å². The first-order chi connectivity index (χ1) is 16.3. The number of hydrogen-bond donors (Lipinski definition) is 1. The number of aliphatic hydroxyl groups is 1. The number of aliphatic hydroxyl groups excluding tert-OH is 1. The minimum absolute atomic E-state index is 0.0259. The molecule has 3 unspecified atom stereocenters. The molecule has 192 valence electrons. The molecule has 4 heteroatoms. The van der Waals surface area contributed by atoms with Gasteiger partial charge in [0.2, 0.25) is 0 Å². The molecule has 0 aromatic rings. The summed E-state index contributed by atoms with van der Waals surface area (Å²) < 4.78 is 0. The predicted molar refractivity (Wildman–Crippen MR) is 136 cm³/mol. The number of carbonyl (C=O) groups is 2. The van der Waals surface area contributed by atoms with Gasteiger partial charge in [0, 0.05) is 24.4 Å². The van der Waals surface area contributed by atoms with Crippen molar-refractivity contribution in [3.63, 3.8) is 0 Å². The van der Waals surface area contributed by atoms with Crippen LogP contribution in [0.25, 0.3) is 0 Å². The molecule has 4 nitrogen and oxygen atoms in total. The van der Waals surface area contributed by atoms with Crippen LogP contribution in [-0.4, -0.2) is 23.3 Å². The van der Waals surface area contributed by atoms with Crippen molar-refractivity contribution >= 4 is 11.6 Å². The lowest BCUT2D eigenvalue weighted by Gasteiger charge is -2.68. The summed E-state index contributed by atoms with van der Waals surface area (Å²) in [6.45, 7) is 13.7. The van der Waals surface area contributed by atoms with E-state index in [0.29, 0.717) is 29.6 Å². The highest BCUT2D eigenvalue weighted by molar-refractivity contribution is 6.04. The lowest BCUT2D eigenvalue weighted by atomic mass is 9.35. The molecular weight excluding hydrogens is 434 g/mol. The molecule has 0 amide bonds. The van der Waals surface area contributed by atoms with Crippen LogP contribution in [0, 0.1) is 68.0 Å². The third kappa shape index (κ3) is 3.32. The Morgan fingerprint density at radius 3 is 2.34 bits per heavy atom. The highest BCUT2D eigenvalue weighted by Gasteiger charge is 2.68. The van der Waals surface area contributed by atoms with Gasteiger partial charge in [-0.05, 0) is 96.7 Å². The molecule has 0 aliphatic heterocycles. The molecule has 5 aliphatic rings. The Hall–Kier alpha value is -1.47. The zero-order chi connectivity index (χ0) is 25.6. The third-order valence-electron chi connectivity index (χ3n) is 12.5. The van der Waals surface area contributed by atoms with Gasteiger partial charge in [0.15, 0.2) is 5.78 Å². The monoisotopic (exact) mass is 479 g/mol. The van der Waals surface area contributed by atoms with Gasteiger partial charge in [0.1, 0.15) is 11.9 Å². The molecule has 8 atom stereocenters. The molecule has 0 bridgehead atoms. The number of nitrogens with zero attached hydrogens (tertiary/aromatic N) is 1. The molecule has 5 aliphatic carbocycles. The molecule has 0 saturated heterocycles. The molecule has 4 fully saturated rings. The van der Waals surface area contributed by atoms with Crippen molar-refractivity contribution in [2.75, 3.05) is 6.61 Å². The summed E-state index contributed by atoms with van der Waals surface area (Å²) in [6, 6.07) is 2.21. The van der Waals surface area contributed by atoms with E-state index in [-0.39, 0.29) is 51.8 Å². The van der Waals surface area contributed by atoms with Gasteiger partial charge in [-0.3, -0.25) is 9.59 Å². The minimum Gasteiger partial charge on any atom is -0.396 e. The summed E-state index contributed by atoms with van der Waals surface area (Å²) >= 11 is 0. The van der Waals surface area contributed by atoms with Crippen LogP contribution in [-0.2, 0) is 9.59 Å². The maximum atomic E-state index is 14.2. The molecule has 0 aromatic heterocycles. The standard InChI is InChI=1S/C31H45NO3/c1-27(2)11-12-31(13-14-33)10-7-20-25(21(31)17-27)22(34)15-24-29(20,5)9-8-23-28(3,4)26(35)19(18-32)16-30(23,24)6/h16,20-21,23-25,33H,7-15,17H2,1-6H3/t20?,21?,23-,24-,25?,29-,30-,31-/m0/s1. The van der Waals surface area contributed by atoms with Gasteiger partial charge in [0.25, 0.3) is 0 Å². The fourth-order valence-electron chi connectivity index (χ4n) is 10.7. The van der Waals surface area contributed by atoms with E-state index in [0.717, 1.165) is 44.9 Å². The maximum Gasteiger partial charge on any atom is 0.178 e. The summed E-state index contributed by atoms with van der Waals surface area (Å²) in [5.41, 5.74) is -0.214. The Bertz CT molecular complexity index is 1020. The van der Waals surface area contributed by atoms with E-state index in [2.05, 4.69) is 33.8 Å². The topological polar surface area (TPSA) is 78.2 Å². The summed E-state index contributed by atoms with van der Waals surface area (Å²) in [4.78, 5) is 27.4. The summed E-state index contributed by atoms with van der Waals surface area (Å²) in [5.74, 6) is 1.54. The number of ketones is 2. The van der Waals surface area contributed by atoms with Crippen molar-refractivity contribution in [2.45, 2.75) is 99.3 Å². The summed E-state index contributed by atoms with van der Waals surface area (Å²) in [5, 5.41) is 19.8. The molecular formula is C31H45NO3. The Labute approximate surface area is 211 Å². The molecule has 35 heavy (non-hydrogen) atoms. The Morgan fingerprint density at radius 1 is 0.971 bits per heavy atom. The van der Waals surface area contributed by atoms with E-state index in [1.54, 1.807) is 0 Å². The molecule has 0 heterocycles. The largest absolute Gasteiger partial charge is 0.396 e. The van der Waals surface area contributed by atoms with Gasteiger partial charge in [-0.25, -0.2) is 0 Å². The number of rotatable bonds is 2. The van der Waals surface area contributed by atoms with Gasteiger partial charge in [-0.1, -0.05) is 47.6 Å². The first-order valence-electron chi connectivity index (χ1n) is 14.1. The molecule has 0 radical (unpaired) electrons. The van der Waals surface area contributed by atoms with Crippen molar-refractivity contribution in [3.8, 4) is 6.07 Å². The van der Waals surface area contributed by atoms with Crippen LogP contribution in [0.1, 0.15) is 99.3 Å². The Kier molecular flexibility index (Phi) is 5.59. The average molecular weight is 480 g/mol. The second-order valence-corrected chi connectivity index (χ2v) is 14.9. The van der Waals surface area contributed by atoms with Crippen LogP contribution in [0.5, 0.6) is 0 Å². The Balaban J connectivity index is 1.58. The fraction of sp³-hybridized carbons (Fsp3) is 0.839. The predicted octanol–water partition coefficient (Wildman–Crippen LogP) is 6.28. The number of allylic oxidation sites excluding steroid dienone is 2. The van der Waals surface area contributed by atoms with Crippen molar-refractivity contribution < 1.29 is 14.7 Å². The van der Waals surface area contributed by atoms with Crippen molar-refractivity contribution in [1.29, 1.82) is 5.26 Å². The van der Waals surface area contributed by atoms with Crippen molar-refractivity contribution in [2.24, 2.45) is 56.7 Å². The number of hydrogen-bond acceptors (Lipinski definition) is 4. The van der Waals surface area contributed by atoms with E-state index in [4.69, 9.17) is 0 Å². The number of carbonyl (C=O) groups excluding carboxylic acids is 2. The summed E-state index contributed by atoms with van der Waals surface area (Å²) in [7, 11) is 0. The molecule has 5 rings (SSSR count). The quantitative estimate of drug-likeness (QED) is 0.506. The normalized spacial score (nSPS) is 47.9. The number of nitriles is 1. The van der Waals surface area contributed by atoms with Crippen LogP contribution in [0.4, 0.5) is 0 Å². The highest BCUT2D eigenvalue weighted by Crippen LogP contribution is 2.72. The molecule has 1 N–H and O–H groups in total. The second-order valence-electron chi connectivity index (χ2n) is 14.9. The second kappa shape index (κ2) is 7.77. The zero-order valence-corrected chi connectivity index (χ0v) is 22.7. The van der Waals surface area contributed by atoms with Gasteiger partial charge in [-0.2, -0.15) is 5.26 Å². The summed E-state index contributed by atoms with van der Waals surface area (Å²) in [6.07, 6.45) is 11.0. The first-order valence-corrected chi connectivity index (χ1v) is 14.1. The molecule has 0 aromatic carbocycles. The van der Waals surface area contributed by atoms with E-state index < -0.39 is 5.41 Å². The van der Waals surface area contributed by atoms with Crippen molar-refractivity contribution in [1.82, 2.24) is 0 Å². The highest BCUT2D eigenvalue weighted by atomic mass is 16.3. The molecule has 4 saturated carbocycles. The van der Waals surface area contributed by atoms with Gasteiger partial charge < -0.3 is 5.11 Å². The van der Waals surface area contributed by atoms with E-state index in [1.807, 2.05) is 19.9 Å². The van der Waals surface area contributed by atoms with Crippen LogP contribution in [0.15, 0.2) is 11.6 Å². The van der Waals surface area contributed by atoms with Crippen LogP contribution < -0.4 is 0 Å². The zero-order valence-electron chi connectivity index (χ0n) is 22.7. The van der Waals surface area contributed by atoms with Crippen LogP contribution in [0.2, 0.25) is 0 Å². The molecule has 0 spiro atoms. The van der Waals surface area contributed by atoms with Crippen LogP contribution in [0.3, 0.4) is 0 Å². The van der Waals surface area contributed by atoms with E-state index in [9.17, 15) is 20.0 Å². The number of Topliss-reactive ketones (excluding diaryl/α,β-unsaturated/α-hetero) is 2. The average Bonchev–Trinajstić information content (AvgIpc) is 2.78. The fourth-order valence-corrected chi connectivity index (χ4v) is 10.7. The van der Waals surface area contributed by atoms with E-state index in [1.165, 1.54) is 6.42 Å². The lowest BCUT2D eigenvalue weighted by Crippen LogP contribution is -2.64. The minimum atomic E-state index is -0.577. The third-order valence-corrected chi connectivity index (χ3v) is 12.5. The smallest absolute Gasteiger partial charge is 0.178 e. The van der Waals surface area contributed by atoms with Gasteiger partial charge >= 0.3 is 0 Å². The lowest BCUT2D eigenvalue weighted by molar-refractivity contribution is -0.192. The van der Waals surface area contributed by atoms with Gasteiger partial charge in [-0.15, -0.1) is 0 Å². The maximum absolute atomic E-state index is 14.2. The first kappa shape index (κ1) is 25.2. The number of fused-ring (bicyclic) bond motifs is 7. The van der Waals surface area contributed by atoms with Gasteiger partial charge in [0.05, 0.1) is 5.57 Å². The van der Waals surface area contributed by atoms with Crippen molar-refractivity contribution in [3.05, 3.63) is 11.6 Å². The SMILES string of the molecule is CC1(C)CC[C@]2(CCO)CCC3C(C(=O)C[C@@H]4[C@@]5(C)C=C(C#N)C(=O)C(C)(C)[C@@H]5CC[C@@]34C)C2C1.